The summed E-state index contributed by atoms with van der Waals surface area (Å²) in [7, 11) is 0. The van der Waals surface area contributed by atoms with Crippen molar-refractivity contribution in [2.75, 3.05) is 5.73 Å². The van der Waals surface area contributed by atoms with Crippen LogP contribution in [0, 0.1) is 0 Å². The zero-order valence-electron chi connectivity index (χ0n) is 12.3. The van der Waals surface area contributed by atoms with E-state index in [4.69, 9.17) is 5.73 Å². The van der Waals surface area contributed by atoms with Crippen molar-refractivity contribution in [1.29, 1.82) is 0 Å². The van der Waals surface area contributed by atoms with E-state index in [0.29, 0.717) is 5.95 Å². The van der Waals surface area contributed by atoms with E-state index >= 15 is 0 Å². The molecule has 0 aliphatic heterocycles. The first-order valence-corrected chi connectivity index (χ1v) is 7.46. The summed E-state index contributed by atoms with van der Waals surface area (Å²) in [6.45, 7) is 3.26. The van der Waals surface area contributed by atoms with E-state index in [0.717, 1.165) is 17.8 Å². The smallest absolute Gasteiger partial charge is 0.220 e. The van der Waals surface area contributed by atoms with Gasteiger partial charge in [0.05, 0.1) is 5.69 Å². The summed E-state index contributed by atoms with van der Waals surface area (Å²) < 4.78 is 2.32. The number of nitrogens with two attached hydrogens (primary N) is 1. The van der Waals surface area contributed by atoms with E-state index in [-0.39, 0.29) is 0 Å². The molecule has 0 radical (unpaired) electrons. The van der Waals surface area contributed by atoms with Crippen molar-refractivity contribution in [3.8, 4) is 11.3 Å². The lowest BCUT2D eigenvalue weighted by Crippen LogP contribution is -1.96. The highest BCUT2D eigenvalue weighted by Gasteiger charge is 2.11. The molecular formula is C17H20N4. The van der Waals surface area contributed by atoms with Crippen molar-refractivity contribution < 1.29 is 0 Å². The van der Waals surface area contributed by atoms with E-state index in [1.165, 1.54) is 30.2 Å². The van der Waals surface area contributed by atoms with Gasteiger partial charge in [0.15, 0.2) is 0 Å². The summed E-state index contributed by atoms with van der Waals surface area (Å²) in [6, 6.07) is 10.4. The first-order chi connectivity index (χ1) is 10.3. The number of anilines is 1. The lowest BCUT2D eigenvalue weighted by Gasteiger charge is -2.03. The van der Waals surface area contributed by atoms with E-state index < -0.39 is 0 Å². The Balaban J connectivity index is 2.06. The lowest BCUT2D eigenvalue weighted by atomic mass is 10.1. The quantitative estimate of drug-likeness (QED) is 0.722. The molecule has 0 unspecified atom stereocenters. The van der Waals surface area contributed by atoms with Gasteiger partial charge in [-0.05, 0) is 18.6 Å². The minimum absolute atomic E-state index is 0.315. The number of para-hydroxylation sites is 1. The summed E-state index contributed by atoms with van der Waals surface area (Å²) >= 11 is 0. The second kappa shape index (κ2) is 5.95. The van der Waals surface area contributed by atoms with Gasteiger partial charge in [0.25, 0.3) is 0 Å². The number of hydrogen-bond acceptors (Lipinski definition) is 3. The average Bonchev–Trinajstić information content (AvgIpc) is 2.87. The Hall–Kier alpha value is -2.36. The molecule has 0 bridgehead atoms. The summed E-state index contributed by atoms with van der Waals surface area (Å²) in [5.74, 6) is 0.315. The number of rotatable bonds is 5. The number of aryl methyl sites for hydroxylation is 1. The third-order valence-corrected chi connectivity index (χ3v) is 3.74. The highest BCUT2D eigenvalue weighted by Crippen LogP contribution is 2.29. The Labute approximate surface area is 124 Å². The fraction of sp³-hybridized carbons (Fsp3) is 0.294. The molecule has 2 heterocycles. The van der Waals surface area contributed by atoms with Gasteiger partial charge in [0.2, 0.25) is 5.95 Å². The van der Waals surface area contributed by atoms with Crippen LogP contribution in [-0.2, 0) is 6.54 Å². The second-order valence-corrected chi connectivity index (χ2v) is 5.26. The van der Waals surface area contributed by atoms with Crippen LogP contribution in [0.1, 0.15) is 26.2 Å². The molecule has 0 atom stereocenters. The summed E-state index contributed by atoms with van der Waals surface area (Å²) in [5, 5.41) is 1.21. The van der Waals surface area contributed by atoms with E-state index in [9.17, 15) is 0 Å². The second-order valence-electron chi connectivity index (χ2n) is 5.26. The number of fused-ring (bicyclic) bond motifs is 1. The van der Waals surface area contributed by atoms with Crippen LogP contribution in [-0.4, -0.2) is 14.5 Å². The molecule has 2 N–H and O–H groups in total. The molecule has 4 heteroatoms. The molecule has 0 fully saturated rings. The van der Waals surface area contributed by atoms with Crippen LogP contribution in [0.2, 0.25) is 0 Å². The SMILES string of the molecule is CCCCCn1cc(-c2ccnc(N)n2)c2ccccc21. The van der Waals surface area contributed by atoms with Gasteiger partial charge in [-0.1, -0.05) is 38.0 Å². The van der Waals surface area contributed by atoms with Crippen LogP contribution in [0.15, 0.2) is 42.7 Å². The Morgan fingerprint density at radius 1 is 1.14 bits per heavy atom. The minimum Gasteiger partial charge on any atom is -0.368 e. The number of nitrogen functional groups attached to an aromatic ring is 1. The Morgan fingerprint density at radius 2 is 2.00 bits per heavy atom. The fourth-order valence-electron chi connectivity index (χ4n) is 2.69. The number of unbranched alkanes of at least 4 members (excludes halogenated alkanes) is 2. The number of aromatic nitrogens is 3. The van der Waals surface area contributed by atoms with Gasteiger partial charge in [-0.3, -0.25) is 0 Å². The Bertz CT molecular complexity index is 745. The van der Waals surface area contributed by atoms with Crippen molar-refractivity contribution in [3.63, 3.8) is 0 Å². The Morgan fingerprint density at radius 3 is 2.81 bits per heavy atom. The van der Waals surface area contributed by atoms with Crippen molar-refractivity contribution in [2.45, 2.75) is 32.7 Å². The molecular weight excluding hydrogens is 260 g/mol. The molecule has 0 saturated carbocycles. The van der Waals surface area contributed by atoms with Gasteiger partial charge in [-0.2, -0.15) is 0 Å². The third-order valence-electron chi connectivity index (χ3n) is 3.74. The van der Waals surface area contributed by atoms with Crippen LogP contribution in [0.25, 0.3) is 22.2 Å². The molecule has 0 saturated heterocycles. The monoisotopic (exact) mass is 280 g/mol. The Kier molecular flexibility index (Phi) is 3.86. The van der Waals surface area contributed by atoms with Gasteiger partial charge in [-0.25, -0.2) is 9.97 Å². The molecule has 3 aromatic rings. The van der Waals surface area contributed by atoms with Gasteiger partial charge in [0, 0.05) is 35.4 Å². The first kappa shape index (κ1) is 13.6. The van der Waals surface area contributed by atoms with Crippen molar-refractivity contribution >= 4 is 16.9 Å². The molecule has 0 aliphatic rings. The molecule has 1 aromatic carbocycles. The van der Waals surface area contributed by atoms with Crippen LogP contribution >= 0.6 is 0 Å². The maximum Gasteiger partial charge on any atom is 0.220 e. The zero-order valence-corrected chi connectivity index (χ0v) is 12.3. The maximum atomic E-state index is 5.72. The standard InChI is InChI=1S/C17H20N4/c1-2-3-6-11-21-12-14(13-7-4-5-8-16(13)21)15-9-10-19-17(18)20-15/h4-5,7-10,12H,2-3,6,11H2,1H3,(H2,18,19,20). The van der Waals surface area contributed by atoms with Gasteiger partial charge < -0.3 is 10.3 Å². The summed E-state index contributed by atoms with van der Waals surface area (Å²) in [4.78, 5) is 8.33. The maximum absolute atomic E-state index is 5.72. The zero-order chi connectivity index (χ0) is 14.7. The highest BCUT2D eigenvalue weighted by molar-refractivity contribution is 5.95. The van der Waals surface area contributed by atoms with E-state index in [2.05, 4.69) is 51.9 Å². The van der Waals surface area contributed by atoms with E-state index in [1.54, 1.807) is 6.20 Å². The van der Waals surface area contributed by atoms with Crippen LogP contribution in [0.3, 0.4) is 0 Å². The topological polar surface area (TPSA) is 56.7 Å². The molecule has 3 rings (SSSR count). The summed E-state index contributed by atoms with van der Waals surface area (Å²) in [6.07, 6.45) is 7.57. The molecule has 0 spiro atoms. The van der Waals surface area contributed by atoms with Crippen LogP contribution in [0.5, 0.6) is 0 Å². The minimum atomic E-state index is 0.315. The molecule has 0 aliphatic carbocycles. The molecule has 0 amide bonds. The van der Waals surface area contributed by atoms with Crippen molar-refractivity contribution in [1.82, 2.24) is 14.5 Å². The molecule has 108 valence electrons. The predicted octanol–water partition coefficient (Wildman–Crippen LogP) is 3.87. The van der Waals surface area contributed by atoms with Crippen molar-refractivity contribution in [3.05, 3.63) is 42.7 Å². The normalized spacial score (nSPS) is 11.1. The first-order valence-electron chi connectivity index (χ1n) is 7.46. The fourth-order valence-corrected chi connectivity index (χ4v) is 2.69. The highest BCUT2D eigenvalue weighted by atomic mass is 15.0. The molecule has 2 aromatic heterocycles. The van der Waals surface area contributed by atoms with Gasteiger partial charge in [-0.15, -0.1) is 0 Å². The number of benzene rings is 1. The summed E-state index contributed by atoms with van der Waals surface area (Å²) in [5.41, 5.74) is 8.97. The van der Waals surface area contributed by atoms with Crippen LogP contribution in [0.4, 0.5) is 5.95 Å². The number of nitrogens with zero attached hydrogens (tertiary/aromatic N) is 3. The van der Waals surface area contributed by atoms with E-state index in [1.807, 2.05) is 6.07 Å². The molecule has 4 nitrogen and oxygen atoms in total. The lowest BCUT2D eigenvalue weighted by molar-refractivity contribution is 0.616. The molecule has 21 heavy (non-hydrogen) atoms. The average molecular weight is 280 g/mol. The predicted molar refractivity (Wildman–Crippen MR) is 86.9 cm³/mol. The number of hydrogen-bond donors (Lipinski definition) is 1. The van der Waals surface area contributed by atoms with Gasteiger partial charge >= 0.3 is 0 Å². The van der Waals surface area contributed by atoms with Crippen molar-refractivity contribution in [2.24, 2.45) is 0 Å². The largest absolute Gasteiger partial charge is 0.368 e. The third kappa shape index (κ3) is 2.75. The van der Waals surface area contributed by atoms with Gasteiger partial charge in [0.1, 0.15) is 0 Å². The van der Waals surface area contributed by atoms with Crippen LogP contribution < -0.4 is 5.73 Å².